The highest BCUT2D eigenvalue weighted by Crippen LogP contribution is 2.17. The fourth-order valence-corrected chi connectivity index (χ4v) is 1.76. The Bertz CT molecular complexity index is 236. The molecule has 0 heterocycles. The third-order valence-corrected chi connectivity index (χ3v) is 2.75. The van der Waals surface area contributed by atoms with E-state index in [9.17, 15) is 0 Å². The van der Waals surface area contributed by atoms with E-state index >= 15 is 0 Å². The molecular formula is C9H10OS2. The van der Waals surface area contributed by atoms with Crippen molar-refractivity contribution in [2.45, 2.75) is 11.0 Å². The van der Waals surface area contributed by atoms with Crippen molar-refractivity contribution in [2.24, 2.45) is 0 Å². The molecule has 1 N–H and O–H groups in total. The minimum Gasteiger partial charge on any atom is -0.387 e. The van der Waals surface area contributed by atoms with Crippen LogP contribution < -0.4 is 0 Å². The van der Waals surface area contributed by atoms with Gasteiger partial charge in [0.2, 0.25) is 0 Å². The molecular weight excluding hydrogens is 188 g/mol. The Kier molecular flexibility index (Phi) is 4.29. The van der Waals surface area contributed by atoms with Crippen LogP contribution in [0.4, 0.5) is 0 Å². The molecule has 0 saturated heterocycles. The van der Waals surface area contributed by atoms with Crippen LogP contribution in [0, 0.1) is 0 Å². The van der Waals surface area contributed by atoms with Gasteiger partial charge in [0, 0.05) is 16.0 Å². The quantitative estimate of drug-likeness (QED) is 0.591. The molecule has 0 aromatic heterocycles. The number of hydrogen-bond acceptors (Lipinski definition) is 3. The lowest BCUT2D eigenvalue weighted by Crippen LogP contribution is -2.09. The molecule has 0 radical (unpaired) electrons. The van der Waals surface area contributed by atoms with E-state index in [1.54, 1.807) is 11.8 Å². The van der Waals surface area contributed by atoms with Crippen molar-refractivity contribution in [3.8, 4) is 0 Å². The van der Waals surface area contributed by atoms with E-state index in [1.165, 1.54) is 5.37 Å². The second-order valence-corrected chi connectivity index (χ2v) is 3.69. The zero-order valence-corrected chi connectivity index (χ0v) is 8.15. The third kappa shape index (κ3) is 3.34. The maximum Gasteiger partial charge on any atom is 0.0916 e. The van der Waals surface area contributed by atoms with Crippen molar-refractivity contribution < 1.29 is 5.11 Å². The summed E-state index contributed by atoms with van der Waals surface area (Å²) >= 11 is 6.21. The molecule has 0 spiro atoms. The summed E-state index contributed by atoms with van der Waals surface area (Å²) in [6.45, 7) is 0. The summed E-state index contributed by atoms with van der Waals surface area (Å²) in [4.78, 5) is 1.16. The van der Waals surface area contributed by atoms with Crippen LogP contribution in [0.2, 0.25) is 0 Å². The molecule has 64 valence electrons. The zero-order valence-electron chi connectivity index (χ0n) is 6.51. The van der Waals surface area contributed by atoms with Gasteiger partial charge in [-0.3, -0.25) is 0 Å². The Morgan fingerprint density at radius 2 is 2.08 bits per heavy atom. The van der Waals surface area contributed by atoms with Gasteiger partial charge in [0.05, 0.1) is 6.10 Å². The number of hydrogen-bond donors (Lipinski definition) is 1. The number of aliphatic hydroxyl groups is 1. The number of benzene rings is 1. The van der Waals surface area contributed by atoms with Gasteiger partial charge in [-0.15, -0.1) is 11.8 Å². The minimum absolute atomic E-state index is 0.481. The lowest BCUT2D eigenvalue weighted by Gasteiger charge is -2.02. The third-order valence-electron chi connectivity index (χ3n) is 1.32. The van der Waals surface area contributed by atoms with E-state index < -0.39 is 6.10 Å². The first-order valence-electron chi connectivity index (χ1n) is 3.64. The zero-order chi connectivity index (χ0) is 8.81. The second-order valence-electron chi connectivity index (χ2n) is 2.33. The van der Waals surface area contributed by atoms with Gasteiger partial charge in [-0.25, -0.2) is 0 Å². The first kappa shape index (κ1) is 9.71. The Balaban J connectivity index is 2.38. The summed E-state index contributed by atoms with van der Waals surface area (Å²) in [7, 11) is 0. The highest BCUT2D eigenvalue weighted by Gasteiger charge is 1.99. The fourth-order valence-electron chi connectivity index (χ4n) is 0.738. The van der Waals surface area contributed by atoms with E-state index in [0.717, 1.165) is 4.90 Å². The molecule has 0 aliphatic heterocycles. The minimum atomic E-state index is -0.481. The van der Waals surface area contributed by atoms with Crippen molar-refractivity contribution in [1.29, 1.82) is 0 Å². The predicted octanol–water partition coefficient (Wildman–Crippen LogP) is 2.14. The summed E-state index contributed by atoms with van der Waals surface area (Å²) in [5.74, 6) is 0.632. The molecule has 1 aromatic carbocycles. The van der Waals surface area contributed by atoms with Crippen LogP contribution in [0.3, 0.4) is 0 Å². The van der Waals surface area contributed by atoms with Gasteiger partial charge in [0.25, 0.3) is 0 Å². The van der Waals surface area contributed by atoms with Gasteiger partial charge in [-0.2, -0.15) is 0 Å². The van der Waals surface area contributed by atoms with E-state index in [4.69, 9.17) is 5.11 Å². The molecule has 0 saturated carbocycles. The van der Waals surface area contributed by atoms with Crippen LogP contribution in [0.5, 0.6) is 0 Å². The largest absolute Gasteiger partial charge is 0.387 e. The van der Waals surface area contributed by atoms with Crippen LogP contribution in [-0.4, -0.2) is 22.3 Å². The van der Waals surface area contributed by atoms with E-state index in [0.29, 0.717) is 5.75 Å². The first-order chi connectivity index (χ1) is 5.83. The van der Waals surface area contributed by atoms with Crippen LogP contribution in [0.25, 0.3) is 0 Å². The molecule has 3 heteroatoms. The molecule has 0 amide bonds. The van der Waals surface area contributed by atoms with Crippen molar-refractivity contribution in [1.82, 2.24) is 0 Å². The van der Waals surface area contributed by atoms with E-state index in [-0.39, 0.29) is 0 Å². The number of rotatable bonds is 4. The predicted molar refractivity (Wildman–Crippen MR) is 56.8 cm³/mol. The normalized spacial score (nSPS) is 12.4. The summed E-state index contributed by atoms with van der Waals surface area (Å²) < 4.78 is 0. The van der Waals surface area contributed by atoms with Crippen molar-refractivity contribution >= 4 is 29.3 Å². The topological polar surface area (TPSA) is 20.2 Å². The van der Waals surface area contributed by atoms with Crippen molar-refractivity contribution in [2.75, 3.05) is 5.75 Å². The SMILES string of the molecule is OC(C=S)CSc1ccccc1. The van der Waals surface area contributed by atoms with Gasteiger partial charge < -0.3 is 5.11 Å². The van der Waals surface area contributed by atoms with E-state index in [1.807, 2.05) is 30.3 Å². The molecule has 1 unspecified atom stereocenters. The molecule has 1 rings (SSSR count). The average molecular weight is 198 g/mol. The lowest BCUT2D eigenvalue weighted by molar-refractivity contribution is 0.273. The molecule has 12 heavy (non-hydrogen) atoms. The fraction of sp³-hybridized carbons (Fsp3) is 0.222. The Hall–Kier alpha value is -0.380. The summed E-state index contributed by atoms with van der Waals surface area (Å²) in [5, 5.41) is 10.5. The molecule has 1 atom stereocenters. The van der Waals surface area contributed by atoms with Crippen LogP contribution in [0.1, 0.15) is 0 Å². The summed E-state index contributed by atoms with van der Waals surface area (Å²) in [6, 6.07) is 9.96. The van der Waals surface area contributed by atoms with Gasteiger partial charge in [-0.05, 0) is 12.1 Å². The Morgan fingerprint density at radius 3 is 2.67 bits per heavy atom. The van der Waals surface area contributed by atoms with Gasteiger partial charge in [0.1, 0.15) is 0 Å². The van der Waals surface area contributed by atoms with Gasteiger partial charge in [-0.1, -0.05) is 30.4 Å². The highest BCUT2D eigenvalue weighted by atomic mass is 32.2. The highest BCUT2D eigenvalue weighted by molar-refractivity contribution is 7.99. The lowest BCUT2D eigenvalue weighted by atomic mass is 10.4. The Morgan fingerprint density at radius 1 is 1.42 bits per heavy atom. The standard InChI is InChI=1S/C9H10OS2/c10-8(6-11)7-12-9-4-2-1-3-5-9/h1-6,8,10H,7H2. The summed E-state index contributed by atoms with van der Waals surface area (Å²) in [5.41, 5.74) is 0. The molecule has 0 bridgehead atoms. The maximum absolute atomic E-state index is 9.14. The van der Waals surface area contributed by atoms with Gasteiger partial charge in [0.15, 0.2) is 0 Å². The smallest absolute Gasteiger partial charge is 0.0916 e. The maximum atomic E-state index is 9.14. The molecule has 0 fully saturated rings. The molecule has 0 aliphatic carbocycles. The van der Waals surface area contributed by atoms with E-state index in [2.05, 4.69) is 12.2 Å². The number of thiocarbonyl (C=S) groups is 1. The van der Waals surface area contributed by atoms with Crippen LogP contribution in [-0.2, 0) is 0 Å². The van der Waals surface area contributed by atoms with Crippen LogP contribution >= 0.6 is 24.0 Å². The molecule has 1 aromatic rings. The number of aliphatic hydroxyl groups excluding tert-OH is 1. The summed E-state index contributed by atoms with van der Waals surface area (Å²) in [6.07, 6.45) is -0.481. The average Bonchev–Trinajstić information content (AvgIpc) is 2.16. The second kappa shape index (κ2) is 5.30. The van der Waals surface area contributed by atoms with Gasteiger partial charge >= 0.3 is 0 Å². The first-order valence-corrected chi connectivity index (χ1v) is 5.10. The van der Waals surface area contributed by atoms with Crippen molar-refractivity contribution in [3.63, 3.8) is 0 Å². The monoisotopic (exact) mass is 198 g/mol. The number of thioether (sulfide) groups is 1. The Labute approximate surface area is 81.8 Å². The van der Waals surface area contributed by atoms with Crippen LogP contribution in [0.15, 0.2) is 35.2 Å². The van der Waals surface area contributed by atoms with Crippen molar-refractivity contribution in [3.05, 3.63) is 30.3 Å². The molecule has 0 aliphatic rings. The molecule has 1 nitrogen and oxygen atoms in total.